The number of ether oxygens (including phenoxy) is 1. The Bertz CT molecular complexity index is 761. The Morgan fingerprint density at radius 2 is 2.00 bits per heavy atom. The molecule has 5 nitrogen and oxygen atoms in total. The molecule has 0 bridgehead atoms. The van der Waals surface area contributed by atoms with Crippen LogP contribution in [0.4, 0.5) is 0 Å². The summed E-state index contributed by atoms with van der Waals surface area (Å²) in [6.45, 7) is 4.87. The minimum Gasteiger partial charge on any atom is -0.497 e. The molecule has 0 unspecified atom stereocenters. The van der Waals surface area contributed by atoms with Crippen molar-refractivity contribution in [3.8, 4) is 16.5 Å². The largest absolute Gasteiger partial charge is 0.497 e. The van der Waals surface area contributed by atoms with Gasteiger partial charge in [-0.1, -0.05) is 12.1 Å². The van der Waals surface area contributed by atoms with E-state index < -0.39 is 0 Å². The maximum Gasteiger partial charge on any atom is 0.170 e. The van der Waals surface area contributed by atoms with Crippen LogP contribution in [0, 0.1) is 6.92 Å². The standard InChI is InChI=1S/C16H18N4OS/c1-4-20-16(15-11(2)17-10-22-15)18-14(19-20)9-12-5-7-13(21-3)8-6-12/h5-8,10H,4,9H2,1-3H3. The molecule has 0 aliphatic heterocycles. The van der Waals surface area contributed by atoms with Crippen LogP contribution < -0.4 is 4.74 Å². The molecule has 0 atom stereocenters. The lowest BCUT2D eigenvalue weighted by Crippen LogP contribution is -2.00. The normalized spacial score (nSPS) is 10.9. The Balaban J connectivity index is 1.88. The number of aromatic nitrogens is 4. The highest BCUT2D eigenvalue weighted by Crippen LogP contribution is 2.26. The summed E-state index contributed by atoms with van der Waals surface area (Å²) in [7, 11) is 1.67. The molecule has 1 aromatic carbocycles. The van der Waals surface area contributed by atoms with Crippen LogP contribution >= 0.6 is 11.3 Å². The van der Waals surface area contributed by atoms with Crippen LogP contribution in [-0.4, -0.2) is 26.9 Å². The van der Waals surface area contributed by atoms with Crippen LogP contribution in [0.5, 0.6) is 5.75 Å². The minimum atomic E-state index is 0.710. The van der Waals surface area contributed by atoms with Gasteiger partial charge in [-0.25, -0.2) is 14.6 Å². The van der Waals surface area contributed by atoms with Crippen molar-refractivity contribution in [3.63, 3.8) is 0 Å². The van der Waals surface area contributed by atoms with Crippen LogP contribution in [0.15, 0.2) is 29.8 Å². The minimum absolute atomic E-state index is 0.710. The number of benzene rings is 1. The molecule has 0 saturated carbocycles. The van der Waals surface area contributed by atoms with Crippen molar-refractivity contribution in [2.24, 2.45) is 0 Å². The molecule has 0 radical (unpaired) electrons. The number of nitrogens with zero attached hydrogens (tertiary/aromatic N) is 4. The second-order valence-electron chi connectivity index (χ2n) is 4.96. The molecule has 0 amide bonds. The second kappa shape index (κ2) is 6.27. The Morgan fingerprint density at radius 1 is 1.23 bits per heavy atom. The molecular weight excluding hydrogens is 296 g/mol. The maximum atomic E-state index is 5.18. The first-order valence-electron chi connectivity index (χ1n) is 7.18. The highest BCUT2D eigenvalue weighted by molar-refractivity contribution is 7.13. The topological polar surface area (TPSA) is 52.8 Å². The first kappa shape index (κ1) is 14.7. The van der Waals surface area contributed by atoms with E-state index in [9.17, 15) is 0 Å². The first-order valence-corrected chi connectivity index (χ1v) is 8.06. The fraction of sp³-hybridized carbons (Fsp3) is 0.312. The third-order valence-corrected chi connectivity index (χ3v) is 4.41. The Hall–Kier alpha value is -2.21. The number of aryl methyl sites for hydroxylation is 2. The van der Waals surface area contributed by atoms with Crippen molar-refractivity contribution in [2.45, 2.75) is 26.8 Å². The smallest absolute Gasteiger partial charge is 0.170 e. The third kappa shape index (κ3) is 2.87. The van der Waals surface area contributed by atoms with E-state index in [4.69, 9.17) is 9.72 Å². The monoisotopic (exact) mass is 314 g/mol. The molecular formula is C16H18N4OS. The van der Waals surface area contributed by atoms with Crippen LogP contribution in [-0.2, 0) is 13.0 Å². The van der Waals surface area contributed by atoms with Crippen molar-refractivity contribution in [1.82, 2.24) is 19.7 Å². The van der Waals surface area contributed by atoms with Gasteiger partial charge in [0.15, 0.2) is 11.6 Å². The Morgan fingerprint density at radius 3 is 2.59 bits per heavy atom. The Kier molecular flexibility index (Phi) is 4.20. The lowest BCUT2D eigenvalue weighted by Gasteiger charge is -2.01. The van der Waals surface area contributed by atoms with Crippen molar-refractivity contribution in [3.05, 3.63) is 46.9 Å². The summed E-state index contributed by atoms with van der Waals surface area (Å²) in [6, 6.07) is 8.01. The van der Waals surface area contributed by atoms with Gasteiger partial charge in [-0.05, 0) is 31.5 Å². The molecule has 0 spiro atoms. The van der Waals surface area contributed by atoms with E-state index in [2.05, 4.69) is 17.0 Å². The summed E-state index contributed by atoms with van der Waals surface area (Å²) in [6.07, 6.45) is 0.710. The third-order valence-electron chi connectivity index (χ3n) is 3.49. The molecule has 0 aliphatic carbocycles. The van der Waals surface area contributed by atoms with Gasteiger partial charge in [0, 0.05) is 13.0 Å². The number of methoxy groups -OCH3 is 1. The van der Waals surface area contributed by atoms with Gasteiger partial charge in [0.2, 0.25) is 0 Å². The summed E-state index contributed by atoms with van der Waals surface area (Å²) < 4.78 is 7.13. The molecule has 0 fully saturated rings. The second-order valence-corrected chi connectivity index (χ2v) is 5.81. The highest BCUT2D eigenvalue weighted by atomic mass is 32.1. The fourth-order valence-electron chi connectivity index (χ4n) is 2.29. The van der Waals surface area contributed by atoms with E-state index in [0.717, 1.165) is 34.5 Å². The van der Waals surface area contributed by atoms with Gasteiger partial charge in [-0.2, -0.15) is 5.10 Å². The highest BCUT2D eigenvalue weighted by Gasteiger charge is 2.15. The average Bonchev–Trinajstić information content (AvgIpc) is 3.13. The average molecular weight is 314 g/mol. The SMILES string of the molecule is CCn1nc(Cc2ccc(OC)cc2)nc1-c1scnc1C. The van der Waals surface area contributed by atoms with Gasteiger partial charge in [-0.15, -0.1) is 11.3 Å². The maximum absolute atomic E-state index is 5.18. The lowest BCUT2D eigenvalue weighted by molar-refractivity contribution is 0.414. The van der Waals surface area contributed by atoms with E-state index in [1.165, 1.54) is 5.56 Å². The zero-order chi connectivity index (χ0) is 15.5. The molecule has 114 valence electrons. The molecule has 3 aromatic rings. The van der Waals surface area contributed by atoms with Gasteiger partial charge in [-0.3, -0.25) is 0 Å². The predicted molar refractivity (Wildman–Crippen MR) is 87.3 cm³/mol. The van der Waals surface area contributed by atoms with Crippen molar-refractivity contribution >= 4 is 11.3 Å². The molecule has 0 saturated heterocycles. The Labute approximate surface area is 133 Å². The number of rotatable bonds is 5. The van der Waals surface area contributed by atoms with E-state index in [0.29, 0.717) is 6.42 Å². The summed E-state index contributed by atoms with van der Waals surface area (Å²) in [5, 5.41) is 4.62. The number of hydrogen-bond acceptors (Lipinski definition) is 5. The van der Waals surface area contributed by atoms with Crippen LogP contribution in [0.1, 0.15) is 24.0 Å². The zero-order valence-corrected chi connectivity index (χ0v) is 13.7. The molecule has 0 aliphatic rings. The van der Waals surface area contributed by atoms with Gasteiger partial charge in [0.25, 0.3) is 0 Å². The van der Waals surface area contributed by atoms with Crippen molar-refractivity contribution in [1.29, 1.82) is 0 Å². The molecule has 0 N–H and O–H groups in total. The number of thiazole rings is 1. The van der Waals surface area contributed by atoms with E-state index in [1.807, 2.05) is 41.4 Å². The van der Waals surface area contributed by atoms with Gasteiger partial charge < -0.3 is 4.74 Å². The molecule has 6 heteroatoms. The van der Waals surface area contributed by atoms with Gasteiger partial charge in [0.1, 0.15) is 5.75 Å². The van der Waals surface area contributed by atoms with E-state index in [-0.39, 0.29) is 0 Å². The van der Waals surface area contributed by atoms with Crippen molar-refractivity contribution in [2.75, 3.05) is 7.11 Å². The van der Waals surface area contributed by atoms with Crippen molar-refractivity contribution < 1.29 is 4.74 Å². The molecule has 3 rings (SSSR count). The number of hydrogen-bond donors (Lipinski definition) is 0. The summed E-state index contributed by atoms with van der Waals surface area (Å²) in [4.78, 5) is 10.1. The van der Waals surface area contributed by atoms with Crippen LogP contribution in [0.2, 0.25) is 0 Å². The molecule has 2 heterocycles. The van der Waals surface area contributed by atoms with E-state index >= 15 is 0 Å². The quantitative estimate of drug-likeness (QED) is 0.725. The predicted octanol–water partition coefficient (Wildman–Crippen LogP) is 3.33. The summed E-state index contributed by atoms with van der Waals surface area (Å²) >= 11 is 1.61. The molecule has 2 aromatic heterocycles. The first-order chi connectivity index (χ1) is 10.7. The van der Waals surface area contributed by atoms with Crippen LogP contribution in [0.3, 0.4) is 0 Å². The zero-order valence-electron chi connectivity index (χ0n) is 12.9. The van der Waals surface area contributed by atoms with Gasteiger partial charge >= 0.3 is 0 Å². The summed E-state index contributed by atoms with van der Waals surface area (Å²) in [5.41, 5.74) is 4.02. The fourth-order valence-corrected chi connectivity index (χ4v) is 3.09. The molecule has 22 heavy (non-hydrogen) atoms. The van der Waals surface area contributed by atoms with Crippen LogP contribution in [0.25, 0.3) is 10.7 Å². The lowest BCUT2D eigenvalue weighted by atomic mass is 10.1. The summed E-state index contributed by atoms with van der Waals surface area (Å²) in [5.74, 6) is 2.59. The van der Waals surface area contributed by atoms with E-state index in [1.54, 1.807) is 18.4 Å². The van der Waals surface area contributed by atoms with Gasteiger partial charge in [0.05, 0.1) is 23.2 Å².